The van der Waals surface area contributed by atoms with Gasteiger partial charge in [-0.2, -0.15) is 0 Å². The van der Waals surface area contributed by atoms with Gasteiger partial charge in [0.15, 0.2) is 0 Å². The number of nitrogens with one attached hydrogen (secondary N) is 1. The molecule has 0 aliphatic heterocycles. The van der Waals surface area contributed by atoms with E-state index in [0.717, 1.165) is 47.6 Å². The molecule has 4 nitrogen and oxygen atoms in total. The maximum absolute atomic E-state index is 11.1. The number of H-pyrrole nitrogens is 1. The summed E-state index contributed by atoms with van der Waals surface area (Å²) in [6, 6.07) is 6.10. The van der Waals surface area contributed by atoms with Crippen LogP contribution in [0.5, 0.6) is 0 Å². The zero-order chi connectivity index (χ0) is 16.4. The summed E-state index contributed by atoms with van der Waals surface area (Å²) in [5.74, 6) is 0.652. The summed E-state index contributed by atoms with van der Waals surface area (Å²) in [5, 5.41) is 11.9. The highest BCUT2D eigenvalue weighted by molar-refractivity contribution is 7.15. The van der Waals surface area contributed by atoms with Gasteiger partial charge in [0.2, 0.25) is 0 Å². The molecule has 3 heterocycles. The molecule has 0 unspecified atom stereocenters. The summed E-state index contributed by atoms with van der Waals surface area (Å²) in [5.41, 5.74) is 1.66. The van der Waals surface area contributed by atoms with Gasteiger partial charge in [-0.1, -0.05) is 6.07 Å². The first kappa shape index (κ1) is 15.5. The Kier molecular flexibility index (Phi) is 4.21. The molecular formula is C19H21N3OS. The second-order valence-corrected chi connectivity index (χ2v) is 7.70. The monoisotopic (exact) mass is 339 g/mol. The smallest absolute Gasteiger partial charge is 0.125 e. The average Bonchev–Trinajstić information content (AvgIpc) is 3.30. The molecule has 4 rings (SSSR count). The molecule has 24 heavy (non-hydrogen) atoms. The van der Waals surface area contributed by atoms with E-state index in [9.17, 15) is 5.11 Å². The van der Waals surface area contributed by atoms with E-state index < -0.39 is 5.60 Å². The number of nitrogens with zero attached hydrogens (tertiary/aromatic N) is 2. The van der Waals surface area contributed by atoms with Crippen LogP contribution in [0, 0.1) is 5.92 Å². The van der Waals surface area contributed by atoms with Crippen molar-refractivity contribution >= 4 is 11.3 Å². The maximum atomic E-state index is 11.1. The maximum Gasteiger partial charge on any atom is 0.125 e. The van der Waals surface area contributed by atoms with Gasteiger partial charge in [-0.3, -0.25) is 4.98 Å². The van der Waals surface area contributed by atoms with Crippen LogP contribution in [0.4, 0.5) is 0 Å². The van der Waals surface area contributed by atoms with Crippen molar-refractivity contribution in [1.82, 2.24) is 15.0 Å². The molecule has 0 amide bonds. The van der Waals surface area contributed by atoms with Crippen molar-refractivity contribution in [3.8, 4) is 10.4 Å². The quantitative estimate of drug-likeness (QED) is 0.750. The van der Waals surface area contributed by atoms with Crippen LogP contribution in [0.2, 0.25) is 0 Å². The summed E-state index contributed by atoms with van der Waals surface area (Å²) < 4.78 is 0. The third-order valence-electron chi connectivity index (χ3n) is 4.97. The Bertz CT molecular complexity index is 774. The average molecular weight is 339 g/mol. The van der Waals surface area contributed by atoms with Crippen LogP contribution in [0.1, 0.15) is 36.3 Å². The molecule has 3 aromatic rings. The van der Waals surface area contributed by atoms with Gasteiger partial charge in [-0.05, 0) is 55.7 Å². The fourth-order valence-corrected chi connectivity index (χ4v) is 4.57. The zero-order valence-corrected chi connectivity index (χ0v) is 14.3. The van der Waals surface area contributed by atoms with Crippen molar-refractivity contribution < 1.29 is 5.11 Å². The Balaban J connectivity index is 1.44. The molecule has 0 aromatic carbocycles. The number of aromatic amines is 1. The molecule has 1 aliphatic rings. The van der Waals surface area contributed by atoms with Gasteiger partial charge in [0.1, 0.15) is 10.6 Å². The normalized spacial score (nSPS) is 24.1. The fraction of sp³-hybridized carbons (Fsp3) is 0.368. The van der Waals surface area contributed by atoms with Crippen molar-refractivity contribution in [3.05, 3.63) is 59.8 Å². The molecule has 0 bridgehead atoms. The molecule has 0 atom stereocenters. The van der Waals surface area contributed by atoms with Gasteiger partial charge in [0, 0.05) is 36.5 Å². The van der Waals surface area contributed by atoms with E-state index in [-0.39, 0.29) is 0 Å². The van der Waals surface area contributed by atoms with Gasteiger partial charge in [0.25, 0.3) is 0 Å². The highest BCUT2D eigenvalue weighted by atomic mass is 32.1. The predicted molar refractivity (Wildman–Crippen MR) is 95.7 cm³/mol. The number of aromatic nitrogens is 3. The van der Waals surface area contributed by atoms with Crippen molar-refractivity contribution in [2.45, 2.75) is 37.7 Å². The second-order valence-electron chi connectivity index (χ2n) is 6.67. The van der Waals surface area contributed by atoms with Gasteiger partial charge in [-0.25, -0.2) is 4.98 Å². The summed E-state index contributed by atoms with van der Waals surface area (Å²) in [6.07, 6.45) is 14.3. The van der Waals surface area contributed by atoms with E-state index in [0.29, 0.717) is 5.92 Å². The highest BCUT2D eigenvalue weighted by Gasteiger charge is 2.37. The molecule has 0 spiro atoms. The predicted octanol–water partition coefficient (Wildman–Crippen LogP) is 4.15. The van der Waals surface area contributed by atoms with Gasteiger partial charge in [0.05, 0.1) is 4.88 Å². The highest BCUT2D eigenvalue weighted by Crippen LogP contribution is 2.43. The summed E-state index contributed by atoms with van der Waals surface area (Å²) in [7, 11) is 0. The lowest BCUT2D eigenvalue weighted by atomic mass is 9.77. The van der Waals surface area contributed by atoms with Crippen LogP contribution in [0.25, 0.3) is 10.4 Å². The molecule has 2 N–H and O–H groups in total. The minimum atomic E-state index is -0.764. The number of rotatable bonds is 4. The number of hydrogen-bond donors (Lipinski definition) is 2. The van der Waals surface area contributed by atoms with E-state index in [1.165, 1.54) is 5.56 Å². The lowest BCUT2D eigenvalue weighted by Crippen LogP contribution is -2.31. The molecular weight excluding hydrogens is 318 g/mol. The molecule has 1 fully saturated rings. The third kappa shape index (κ3) is 3.14. The van der Waals surface area contributed by atoms with Crippen molar-refractivity contribution in [3.63, 3.8) is 0 Å². The molecule has 3 aromatic heterocycles. The molecule has 124 valence electrons. The molecule has 5 heteroatoms. The Morgan fingerprint density at radius 2 is 2.12 bits per heavy atom. The first-order valence-corrected chi connectivity index (χ1v) is 9.25. The SMILES string of the molecule is OC1(c2ncc(-c3cccnc3)s2)CCC(Cc2cc[nH]c2)CC1. The van der Waals surface area contributed by atoms with Crippen LogP contribution >= 0.6 is 11.3 Å². The Morgan fingerprint density at radius 3 is 2.83 bits per heavy atom. The first-order chi connectivity index (χ1) is 11.7. The van der Waals surface area contributed by atoms with E-state index in [1.807, 2.05) is 30.7 Å². The Labute approximate surface area is 145 Å². The van der Waals surface area contributed by atoms with Gasteiger partial charge >= 0.3 is 0 Å². The van der Waals surface area contributed by atoms with Crippen LogP contribution < -0.4 is 0 Å². The molecule has 1 saturated carbocycles. The number of aliphatic hydroxyl groups is 1. The van der Waals surface area contributed by atoms with Gasteiger partial charge < -0.3 is 10.1 Å². The standard InChI is InChI=1S/C19H21N3OS/c23-19(6-3-14(4-7-19)10-15-5-9-21-11-15)18-22-13-17(24-18)16-2-1-8-20-12-16/h1-2,5,8-9,11-14,21,23H,3-4,6-7,10H2. The minimum absolute atomic E-state index is 0.652. The van der Waals surface area contributed by atoms with E-state index >= 15 is 0 Å². The van der Waals surface area contributed by atoms with Crippen LogP contribution in [-0.4, -0.2) is 20.1 Å². The van der Waals surface area contributed by atoms with Gasteiger partial charge in [-0.15, -0.1) is 11.3 Å². The van der Waals surface area contributed by atoms with Crippen LogP contribution in [0.3, 0.4) is 0 Å². The third-order valence-corrected chi connectivity index (χ3v) is 6.21. The zero-order valence-electron chi connectivity index (χ0n) is 13.5. The molecule has 0 radical (unpaired) electrons. The van der Waals surface area contributed by atoms with Crippen LogP contribution in [-0.2, 0) is 12.0 Å². The number of thiazole rings is 1. The number of hydrogen-bond acceptors (Lipinski definition) is 4. The first-order valence-electron chi connectivity index (χ1n) is 8.44. The summed E-state index contributed by atoms with van der Waals surface area (Å²) in [4.78, 5) is 12.9. The van der Waals surface area contributed by atoms with E-state index in [4.69, 9.17) is 0 Å². The van der Waals surface area contributed by atoms with Crippen molar-refractivity contribution in [2.24, 2.45) is 5.92 Å². The van der Waals surface area contributed by atoms with E-state index in [2.05, 4.69) is 27.2 Å². The van der Waals surface area contributed by atoms with E-state index in [1.54, 1.807) is 17.5 Å². The lowest BCUT2D eigenvalue weighted by Gasteiger charge is -2.34. The largest absolute Gasteiger partial charge is 0.383 e. The topological polar surface area (TPSA) is 61.8 Å². The Morgan fingerprint density at radius 1 is 1.25 bits per heavy atom. The Hall–Kier alpha value is -1.98. The minimum Gasteiger partial charge on any atom is -0.383 e. The lowest BCUT2D eigenvalue weighted by molar-refractivity contribution is -0.0142. The summed E-state index contributed by atoms with van der Waals surface area (Å²) in [6.45, 7) is 0. The van der Waals surface area contributed by atoms with Crippen molar-refractivity contribution in [1.29, 1.82) is 0 Å². The fourth-order valence-electron chi connectivity index (χ4n) is 3.52. The summed E-state index contributed by atoms with van der Waals surface area (Å²) >= 11 is 1.59. The second kappa shape index (κ2) is 6.49. The number of pyridine rings is 1. The molecule has 0 saturated heterocycles. The van der Waals surface area contributed by atoms with Crippen molar-refractivity contribution in [2.75, 3.05) is 0 Å². The molecule has 1 aliphatic carbocycles. The van der Waals surface area contributed by atoms with Crippen LogP contribution in [0.15, 0.2) is 49.2 Å².